The molecule has 0 aromatic heterocycles. The van der Waals surface area contributed by atoms with Crippen molar-refractivity contribution in [3.05, 3.63) is 0 Å². The van der Waals surface area contributed by atoms with E-state index in [1.807, 2.05) is 0 Å². The van der Waals surface area contributed by atoms with Gasteiger partial charge in [0.25, 0.3) is 0 Å². The molecule has 0 saturated carbocycles. The van der Waals surface area contributed by atoms with Crippen LogP contribution >= 0.6 is 0 Å². The van der Waals surface area contributed by atoms with Crippen molar-refractivity contribution in [1.29, 1.82) is 0 Å². The van der Waals surface area contributed by atoms with Crippen molar-refractivity contribution < 1.29 is 0 Å². The molecule has 2 aliphatic heterocycles. The van der Waals surface area contributed by atoms with Crippen molar-refractivity contribution in [3.63, 3.8) is 0 Å². The summed E-state index contributed by atoms with van der Waals surface area (Å²) in [7, 11) is 0. The van der Waals surface area contributed by atoms with E-state index in [4.69, 9.17) is 0 Å². The van der Waals surface area contributed by atoms with Gasteiger partial charge in [-0.15, -0.1) is 0 Å². The average Bonchev–Trinajstić information content (AvgIpc) is 2.87. The maximum atomic E-state index is 2.72. The minimum Gasteiger partial charge on any atom is -0.303 e. The summed E-state index contributed by atoms with van der Waals surface area (Å²) in [5.41, 5.74) is 0. The first-order chi connectivity index (χ1) is 7.69. The topological polar surface area (TPSA) is 6.48 Å². The van der Waals surface area contributed by atoms with Crippen molar-refractivity contribution in [2.24, 2.45) is 17.8 Å². The lowest BCUT2D eigenvalue weighted by molar-refractivity contribution is 0.251. The highest BCUT2D eigenvalue weighted by atomic mass is 15.2. The summed E-state index contributed by atoms with van der Waals surface area (Å²) in [6, 6.07) is 0. The van der Waals surface area contributed by atoms with E-state index in [-0.39, 0.29) is 0 Å². The molecular formula is C14H28N2. The SMILES string of the molecule is CCN1CCC(CN2CCC(C(C)C)C2)C1. The van der Waals surface area contributed by atoms with Crippen LogP contribution in [0.4, 0.5) is 0 Å². The Kier molecular flexibility index (Phi) is 4.26. The second kappa shape index (κ2) is 5.50. The Bertz CT molecular complexity index is 215. The number of likely N-dealkylation sites (tertiary alicyclic amines) is 2. The largest absolute Gasteiger partial charge is 0.303 e. The summed E-state index contributed by atoms with van der Waals surface area (Å²) in [6.45, 7) is 15.0. The van der Waals surface area contributed by atoms with Crippen LogP contribution in [0, 0.1) is 17.8 Å². The number of rotatable bonds is 4. The first kappa shape index (κ1) is 12.4. The number of hydrogen-bond acceptors (Lipinski definition) is 2. The summed E-state index contributed by atoms with van der Waals surface area (Å²) in [5, 5.41) is 0. The summed E-state index contributed by atoms with van der Waals surface area (Å²) >= 11 is 0. The number of hydrogen-bond donors (Lipinski definition) is 0. The zero-order chi connectivity index (χ0) is 11.5. The van der Waals surface area contributed by atoms with E-state index < -0.39 is 0 Å². The zero-order valence-electron chi connectivity index (χ0n) is 11.3. The third kappa shape index (κ3) is 2.98. The van der Waals surface area contributed by atoms with E-state index in [1.54, 1.807) is 0 Å². The molecule has 94 valence electrons. The van der Waals surface area contributed by atoms with Gasteiger partial charge < -0.3 is 9.80 Å². The smallest absolute Gasteiger partial charge is 0.00225 e. The first-order valence-corrected chi connectivity index (χ1v) is 7.13. The van der Waals surface area contributed by atoms with Gasteiger partial charge in [-0.2, -0.15) is 0 Å². The second-order valence-corrected chi connectivity index (χ2v) is 6.10. The molecule has 2 atom stereocenters. The predicted octanol–water partition coefficient (Wildman–Crippen LogP) is 2.31. The van der Waals surface area contributed by atoms with Crippen molar-refractivity contribution in [2.45, 2.75) is 33.6 Å². The quantitative estimate of drug-likeness (QED) is 0.723. The second-order valence-electron chi connectivity index (χ2n) is 6.10. The molecule has 2 saturated heterocycles. The van der Waals surface area contributed by atoms with Gasteiger partial charge in [0.1, 0.15) is 0 Å². The highest BCUT2D eigenvalue weighted by Gasteiger charge is 2.28. The highest BCUT2D eigenvalue weighted by molar-refractivity contribution is 4.82. The van der Waals surface area contributed by atoms with Gasteiger partial charge >= 0.3 is 0 Å². The Labute approximate surface area is 101 Å². The molecule has 0 aromatic rings. The highest BCUT2D eigenvalue weighted by Crippen LogP contribution is 2.26. The normalized spacial score (nSPS) is 33.0. The molecule has 0 aliphatic carbocycles. The van der Waals surface area contributed by atoms with Crippen LogP contribution < -0.4 is 0 Å². The van der Waals surface area contributed by atoms with Gasteiger partial charge in [-0.25, -0.2) is 0 Å². The van der Waals surface area contributed by atoms with Gasteiger partial charge in [0.2, 0.25) is 0 Å². The molecule has 2 heteroatoms. The fraction of sp³-hybridized carbons (Fsp3) is 1.00. The molecule has 2 unspecified atom stereocenters. The predicted molar refractivity (Wildman–Crippen MR) is 69.6 cm³/mol. The molecule has 0 bridgehead atoms. The number of nitrogens with zero attached hydrogens (tertiary/aromatic N) is 2. The van der Waals surface area contributed by atoms with Gasteiger partial charge in [0.15, 0.2) is 0 Å². The van der Waals surface area contributed by atoms with Crippen LogP contribution in [0.1, 0.15) is 33.6 Å². The lowest BCUT2D eigenvalue weighted by Crippen LogP contribution is -2.30. The van der Waals surface area contributed by atoms with Crippen molar-refractivity contribution in [3.8, 4) is 0 Å². The van der Waals surface area contributed by atoms with Gasteiger partial charge in [0, 0.05) is 19.6 Å². The van der Waals surface area contributed by atoms with Crippen LogP contribution in [-0.2, 0) is 0 Å². The van der Waals surface area contributed by atoms with E-state index in [0.29, 0.717) is 0 Å². The van der Waals surface area contributed by atoms with Crippen LogP contribution in [0.25, 0.3) is 0 Å². The summed E-state index contributed by atoms with van der Waals surface area (Å²) in [6.07, 6.45) is 2.86. The fourth-order valence-electron chi connectivity index (χ4n) is 3.29. The van der Waals surface area contributed by atoms with Gasteiger partial charge in [0.05, 0.1) is 0 Å². The molecule has 2 rings (SSSR count). The Morgan fingerprint density at radius 2 is 1.81 bits per heavy atom. The molecule has 2 fully saturated rings. The first-order valence-electron chi connectivity index (χ1n) is 7.13. The van der Waals surface area contributed by atoms with Crippen LogP contribution in [-0.4, -0.2) is 49.1 Å². The van der Waals surface area contributed by atoms with E-state index in [2.05, 4.69) is 30.6 Å². The van der Waals surface area contributed by atoms with Gasteiger partial charge in [-0.3, -0.25) is 0 Å². The minimum atomic E-state index is 0.876. The Morgan fingerprint density at radius 1 is 1.06 bits per heavy atom. The van der Waals surface area contributed by atoms with Crippen LogP contribution in [0.3, 0.4) is 0 Å². The third-order valence-corrected chi connectivity index (χ3v) is 4.59. The van der Waals surface area contributed by atoms with Crippen molar-refractivity contribution >= 4 is 0 Å². The van der Waals surface area contributed by atoms with E-state index in [0.717, 1.165) is 17.8 Å². The van der Waals surface area contributed by atoms with Crippen molar-refractivity contribution in [2.75, 3.05) is 39.3 Å². The van der Waals surface area contributed by atoms with Gasteiger partial charge in [-0.1, -0.05) is 20.8 Å². The molecule has 0 radical (unpaired) electrons. The molecule has 0 N–H and O–H groups in total. The standard InChI is InChI=1S/C14H28N2/c1-4-15-7-5-13(9-15)10-16-8-6-14(11-16)12(2)3/h12-14H,4-11H2,1-3H3. The maximum Gasteiger partial charge on any atom is 0.00225 e. The molecular weight excluding hydrogens is 196 g/mol. The third-order valence-electron chi connectivity index (χ3n) is 4.59. The van der Waals surface area contributed by atoms with Crippen molar-refractivity contribution in [1.82, 2.24) is 9.80 Å². The molecule has 16 heavy (non-hydrogen) atoms. The summed E-state index contributed by atoms with van der Waals surface area (Å²) in [5.74, 6) is 2.79. The molecule has 0 aromatic carbocycles. The monoisotopic (exact) mass is 224 g/mol. The molecule has 0 spiro atoms. The molecule has 2 heterocycles. The fourth-order valence-corrected chi connectivity index (χ4v) is 3.29. The maximum absolute atomic E-state index is 2.72. The minimum absolute atomic E-state index is 0.876. The van der Waals surface area contributed by atoms with E-state index in [1.165, 1.54) is 52.1 Å². The molecule has 2 nitrogen and oxygen atoms in total. The average molecular weight is 224 g/mol. The van der Waals surface area contributed by atoms with Gasteiger partial charge in [-0.05, 0) is 50.2 Å². The van der Waals surface area contributed by atoms with Crippen LogP contribution in [0.2, 0.25) is 0 Å². The zero-order valence-corrected chi connectivity index (χ0v) is 11.3. The van der Waals surface area contributed by atoms with Crippen LogP contribution in [0.5, 0.6) is 0 Å². The molecule has 0 amide bonds. The lowest BCUT2D eigenvalue weighted by Gasteiger charge is -2.21. The van der Waals surface area contributed by atoms with Crippen LogP contribution in [0.15, 0.2) is 0 Å². The lowest BCUT2D eigenvalue weighted by atomic mass is 9.95. The summed E-state index contributed by atoms with van der Waals surface area (Å²) in [4.78, 5) is 5.31. The Balaban J connectivity index is 1.71. The van der Waals surface area contributed by atoms with E-state index >= 15 is 0 Å². The van der Waals surface area contributed by atoms with E-state index in [9.17, 15) is 0 Å². The molecule has 2 aliphatic rings. The summed E-state index contributed by atoms with van der Waals surface area (Å²) < 4.78 is 0. The Morgan fingerprint density at radius 3 is 2.38 bits per heavy atom. The Hall–Kier alpha value is -0.0800.